The highest BCUT2D eigenvalue weighted by Crippen LogP contribution is 2.18. The summed E-state index contributed by atoms with van der Waals surface area (Å²) in [5.74, 6) is 2.00. The largest absolute Gasteiger partial charge is 0.444 e. The number of rotatable bonds is 3. The molecule has 0 radical (unpaired) electrons. The minimum Gasteiger partial charge on any atom is -0.444 e. The van der Waals surface area contributed by atoms with Gasteiger partial charge in [0.1, 0.15) is 17.2 Å². The maximum absolute atomic E-state index is 11.7. The Hall–Kier alpha value is -2.29. The first-order valence-electron chi connectivity index (χ1n) is 10.9. The van der Waals surface area contributed by atoms with Gasteiger partial charge in [0.05, 0.1) is 6.04 Å². The van der Waals surface area contributed by atoms with Gasteiger partial charge in [-0.2, -0.15) is 0 Å². The molecule has 2 saturated heterocycles. The number of hydrogen-bond acceptors (Lipinski definition) is 7. The normalized spacial score (nSPS) is 19.5. The van der Waals surface area contributed by atoms with Gasteiger partial charge in [-0.3, -0.25) is 0 Å². The second kappa shape index (κ2) is 13.4. The number of amides is 1. The second-order valence-corrected chi connectivity index (χ2v) is 8.95. The summed E-state index contributed by atoms with van der Waals surface area (Å²) >= 11 is 0. The van der Waals surface area contributed by atoms with Gasteiger partial charge in [0.2, 0.25) is 0 Å². The molecule has 4 heterocycles. The molecule has 2 atom stereocenters. The summed E-state index contributed by atoms with van der Waals surface area (Å²) < 4.78 is 5.26. The van der Waals surface area contributed by atoms with E-state index in [2.05, 4.69) is 25.1 Å². The Morgan fingerprint density at radius 2 is 1.52 bits per heavy atom. The number of aromatic nitrogens is 2. The maximum Gasteiger partial charge on any atom is 0.407 e. The van der Waals surface area contributed by atoms with Crippen LogP contribution < -0.4 is 20.9 Å². The van der Waals surface area contributed by atoms with E-state index in [4.69, 9.17) is 10.5 Å². The van der Waals surface area contributed by atoms with Crippen molar-refractivity contribution in [3.05, 3.63) is 48.8 Å². The van der Waals surface area contributed by atoms with E-state index in [1.807, 2.05) is 63.4 Å². The Morgan fingerprint density at radius 3 is 1.97 bits per heavy atom. The second-order valence-electron chi connectivity index (χ2n) is 8.95. The van der Waals surface area contributed by atoms with Crippen molar-refractivity contribution in [1.82, 2.24) is 15.3 Å². The highest BCUT2D eigenvalue weighted by Gasteiger charge is 2.26. The number of hydrogen-bond donors (Lipinski definition) is 2. The van der Waals surface area contributed by atoms with E-state index in [1.165, 1.54) is 0 Å². The van der Waals surface area contributed by atoms with Crippen molar-refractivity contribution in [3.63, 3.8) is 0 Å². The topological polar surface area (TPSA) is 96.6 Å². The van der Waals surface area contributed by atoms with E-state index >= 15 is 0 Å². The minimum atomic E-state index is -0.455. The predicted molar refractivity (Wildman–Crippen MR) is 138 cm³/mol. The molecule has 2 aromatic heterocycles. The molecular formula is C23H36Cl2N6O2. The maximum atomic E-state index is 11.7. The number of anilines is 2. The molecule has 2 aliphatic heterocycles. The van der Waals surface area contributed by atoms with Crippen molar-refractivity contribution >= 4 is 42.5 Å². The number of nitrogens with zero attached hydrogens (tertiary/aromatic N) is 4. The molecule has 0 bridgehead atoms. The van der Waals surface area contributed by atoms with Crippen LogP contribution in [0.1, 0.15) is 33.6 Å². The summed E-state index contributed by atoms with van der Waals surface area (Å²) in [4.78, 5) is 24.7. The molecule has 184 valence electrons. The third-order valence-electron chi connectivity index (χ3n) is 5.08. The highest BCUT2D eigenvalue weighted by atomic mass is 35.5. The number of carbonyl (C=O) groups is 1. The lowest BCUT2D eigenvalue weighted by molar-refractivity contribution is 0.0509. The molecule has 0 aromatic carbocycles. The van der Waals surface area contributed by atoms with Crippen molar-refractivity contribution in [3.8, 4) is 0 Å². The quantitative estimate of drug-likeness (QED) is 0.666. The Kier molecular flexibility index (Phi) is 11.7. The van der Waals surface area contributed by atoms with Gasteiger partial charge in [-0.15, -0.1) is 24.8 Å². The third kappa shape index (κ3) is 9.61. The van der Waals surface area contributed by atoms with Gasteiger partial charge in [-0.25, -0.2) is 14.8 Å². The van der Waals surface area contributed by atoms with Crippen LogP contribution in [0.25, 0.3) is 0 Å². The number of halogens is 2. The number of nitrogens with two attached hydrogens (primary N) is 1. The summed E-state index contributed by atoms with van der Waals surface area (Å²) in [6.07, 6.45) is 5.25. The van der Waals surface area contributed by atoms with Crippen LogP contribution in [-0.2, 0) is 4.74 Å². The number of ether oxygens (including phenoxy) is 1. The van der Waals surface area contributed by atoms with Gasteiger partial charge in [0.15, 0.2) is 0 Å². The van der Waals surface area contributed by atoms with Crippen LogP contribution in [0.5, 0.6) is 0 Å². The Bertz CT molecular complexity index is 823. The van der Waals surface area contributed by atoms with Crippen LogP contribution in [0.15, 0.2) is 48.8 Å². The summed E-state index contributed by atoms with van der Waals surface area (Å²) in [5.41, 5.74) is 5.34. The fourth-order valence-electron chi connectivity index (χ4n) is 3.64. The zero-order valence-corrected chi connectivity index (χ0v) is 21.1. The van der Waals surface area contributed by atoms with Crippen molar-refractivity contribution in [2.24, 2.45) is 5.73 Å². The average Bonchev–Trinajstić information content (AvgIpc) is 3.38. The summed E-state index contributed by atoms with van der Waals surface area (Å²) in [6, 6.07) is 12.3. The lowest BCUT2D eigenvalue weighted by Crippen LogP contribution is -2.40. The van der Waals surface area contributed by atoms with E-state index in [9.17, 15) is 4.79 Å². The molecule has 10 heteroatoms. The van der Waals surface area contributed by atoms with Crippen LogP contribution >= 0.6 is 24.8 Å². The van der Waals surface area contributed by atoms with Crippen LogP contribution in [0.4, 0.5) is 16.4 Å². The number of alkyl carbamates (subject to hydrolysis) is 1. The van der Waals surface area contributed by atoms with Gasteiger partial charge in [-0.1, -0.05) is 12.1 Å². The lowest BCUT2D eigenvalue weighted by Gasteiger charge is -2.22. The van der Waals surface area contributed by atoms with E-state index in [0.717, 1.165) is 50.7 Å². The molecule has 2 fully saturated rings. The molecule has 3 N–H and O–H groups in total. The molecule has 2 aliphatic rings. The van der Waals surface area contributed by atoms with E-state index in [0.29, 0.717) is 6.04 Å². The molecule has 0 aliphatic carbocycles. The van der Waals surface area contributed by atoms with Crippen molar-refractivity contribution in [2.45, 2.75) is 51.3 Å². The molecule has 2 aromatic rings. The average molecular weight is 499 g/mol. The van der Waals surface area contributed by atoms with Crippen molar-refractivity contribution < 1.29 is 9.53 Å². The molecular weight excluding hydrogens is 463 g/mol. The van der Waals surface area contributed by atoms with Gasteiger partial charge in [0, 0.05) is 44.6 Å². The van der Waals surface area contributed by atoms with Crippen LogP contribution in [0, 0.1) is 0 Å². The first kappa shape index (κ1) is 28.7. The molecule has 2 unspecified atom stereocenters. The van der Waals surface area contributed by atoms with Crippen LogP contribution in [0.2, 0.25) is 0 Å². The standard InChI is InChI=1S/C14H21N3O2.C9H13N3.2ClH/c1-14(2,3)19-13(18)16-11-7-9-17(10-11)12-6-4-5-8-15-12;10-8-4-6-12(7-8)9-3-1-2-5-11-9;;/h4-6,8,11H,7,9-10H2,1-3H3,(H,16,18);1-3,5,8H,4,6-7,10H2;2*1H. The number of carbonyl (C=O) groups excluding carboxylic acids is 1. The third-order valence-corrected chi connectivity index (χ3v) is 5.08. The first-order chi connectivity index (χ1) is 14.8. The van der Waals surface area contributed by atoms with Crippen molar-refractivity contribution in [1.29, 1.82) is 0 Å². The van der Waals surface area contributed by atoms with Crippen LogP contribution in [0.3, 0.4) is 0 Å². The molecule has 33 heavy (non-hydrogen) atoms. The smallest absolute Gasteiger partial charge is 0.407 e. The first-order valence-corrected chi connectivity index (χ1v) is 10.9. The Balaban J connectivity index is 0.000000338. The summed E-state index contributed by atoms with van der Waals surface area (Å²) in [6.45, 7) is 9.24. The minimum absolute atomic E-state index is 0. The van der Waals surface area contributed by atoms with Gasteiger partial charge < -0.3 is 25.6 Å². The van der Waals surface area contributed by atoms with E-state index in [1.54, 1.807) is 6.20 Å². The fourth-order valence-corrected chi connectivity index (χ4v) is 3.64. The van der Waals surface area contributed by atoms with Crippen molar-refractivity contribution in [2.75, 3.05) is 36.0 Å². The zero-order chi connectivity index (χ0) is 22.3. The highest BCUT2D eigenvalue weighted by molar-refractivity contribution is 5.85. The number of pyridine rings is 2. The van der Waals surface area contributed by atoms with E-state index < -0.39 is 5.60 Å². The molecule has 8 nitrogen and oxygen atoms in total. The lowest BCUT2D eigenvalue weighted by atomic mass is 10.2. The summed E-state index contributed by atoms with van der Waals surface area (Å²) in [7, 11) is 0. The SMILES string of the molecule is CC(C)(C)OC(=O)NC1CCN(c2ccccn2)C1.Cl.Cl.NC1CCN(c2ccccn2)C1. The fraction of sp³-hybridized carbons (Fsp3) is 0.522. The molecule has 1 amide bonds. The zero-order valence-electron chi connectivity index (χ0n) is 19.5. The monoisotopic (exact) mass is 498 g/mol. The van der Waals surface area contributed by atoms with Gasteiger partial charge in [-0.05, 0) is 57.9 Å². The van der Waals surface area contributed by atoms with Gasteiger partial charge >= 0.3 is 6.09 Å². The van der Waals surface area contributed by atoms with Gasteiger partial charge in [0.25, 0.3) is 0 Å². The van der Waals surface area contributed by atoms with Crippen LogP contribution in [-0.4, -0.2) is 59.9 Å². The Labute approximate surface area is 209 Å². The molecule has 4 rings (SSSR count). The number of nitrogens with one attached hydrogen (secondary N) is 1. The molecule has 0 spiro atoms. The molecule has 0 saturated carbocycles. The summed E-state index contributed by atoms with van der Waals surface area (Å²) in [5, 5.41) is 2.90. The Morgan fingerprint density at radius 1 is 0.970 bits per heavy atom. The predicted octanol–water partition coefficient (Wildman–Crippen LogP) is 3.65. The van der Waals surface area contributed by atoms with E-state index in [-0.39, 0.29) is 36.9 Å².